The Bertz CT molecular complexity index is 334. The Balaban J connectivity index is 1.96. The molecule has 4 nitrogen and oxygen atoms in total. The van der Waals surface area contributed by atoms with Gasteiger partial charge in [-0.2, -0.15) is 0 Å². The number of rotatable bonds is 3. The zero-order valence-corrected chi connectivity index (χ0v) is 10.1. The van der Waals surface area contributed by atoms with E-state index in [9.17, 15) is 0 Å². The molecule has 1 N–H and O–H groups in total. The van der Waals surface area contributed by atoms with Crippen LogP contribution >= 0.6 is 0 Å². The summed E-state index contributed by atoms with van der Waals surface area (Å²) in [6.45, 7) is 5.37. The summed E-state index contributed by atoms with van der Waals surface area (Å²) in [4.78, 5) is 10.9. The second-order valence-corrected chi connectivity index (χ2v) is 4.56. The molecule has 1 atom stereocenters. The van der Waals surface area contributed by atoms with Crippen molar-refractivity contribution >= 4 is 5.82 Å². The molecular formula is C12H20N4. The lowest BCUT2D eigenvalue weighted by atomic mass is 9.99. The van der Waals surface area contributed by atoms with E-state index in [0.717, 1.165) is 30.5 Å². The van der Waals surface area contributed by atoms with E-state index >= 15 is 0 Å². The molecule has 1 fully saturated rings. The maximum absolute atomic E-state index is 4.39. The van der Waals surface area contributed by atoms with Gasteiger partial charge in [-0.3, -0.25) is 4.98 Å². The van der Waals surface area contributed by atoms with Gasteiger partial charge in [0.15, 0.2) is 0 Å². The maximum atomic E-state index is 4.39. The molecule has 1 aliphatic heterocycles. The van der Waals surface area contributed by atoms with Crippen LogP contribution in [0.4, 0.5) is 5.82 Å². The number of aryl methyl sites for hydroxylation is 1. The third-order valence-corrected chi connectivity index (χ3v) is 3.15. The second kappa shape index (κ2) is 5.25. The first-order valence-electron chi connectivity index (χ1n) is 5.97. The number of aromatic nitrogens is 2. The van der Waals surface area contributed by atoms with Gasteiger partial charge < -0.3 is 10.2 Å². The van der Waals surface area contributed by atoms with Crippen molar-refractivity contribution in [2.75, 3.05) is 31.6 Å². The third kappa shape index (κ3) is 2.70. The van der Waals surface area contributed by atoms with E-state index < -0.39 is 0 Å². The molecule has 0 radical (unpaired) electrons. The molecule has 0 bridgehead atoms. The molecule has 88 valence electrons. The molecule has 0 saturated carbocycles. The van der Waals surface area contributed by atoms with Crippen LogP contribution < -0.4 is 10.2 Å². The lowest BCUT2D eigenvalue weighted by Crippen LogP contribution is -2.37. The Hall–Kier alpha value is -1.16. The van der Waals surface area contributed by atoms with E-state index in [0.29, 0.717) is 0 Å². The van der Waals surface area contributed by atoms with Crippen molar-refractivity contribution in [1.29, 1.82) is 0 Å². The lowest BCUT2D eigenvalue weighted by molar-refractivity contribution is 0.380. The largest absolute Gasteiger partial charge is 0.358 e. The summed E-state index contributed by atoms with van der Waals surface area (Å²) >= 11 is 0. The van der Waals surface area contributed by atoms with Gasteiger partial charge >= 0.3 is 0 Å². The van der Waals surface area contributed by atoms with Crippen LogP contribution in [0.1, 0.15) is 18.5 Å². The highest BCUT2D eigenvalue weighted by molar-refractivity contribution is 5.41. The molecule has 0 aliphatic carbocycles. The summed E-state index contributed by atoms with van der Waals surface area (Å²) in [5, 5.41) is 3.44. The number of hydrogen-bond donors (Lipinski definition) is 1. The zero-order chi connectivity index (χ0) is 11.4. The van der Waals surface area contributed by atoms with Crippen molar-refractivity contribution in [2.24, 2.45) is 5.92 Å². The molecule has 2 heterocycles. The van der Waals surface area contributed by atoms with Gasteiger partial charge in [-0.25, -0.2) is 4.98 Å². The molecule has 2 rings (SSSR count). The molecular weight excluding hydrogens is 200 g/mol. The van der Waals surface area contributed by atoms with Crippen molar-refractivity contribution < 1.29 is 0 Å². The van der Waals surface area contributed by atoms with Crippen LogP contribution in [0.25, 0.3) is 0 Å². The van der Waals surface area contributed by atoms with E-state index in [4.69, 9.17) is 0 Å². The van der Waals surface area contributed by atoms with Gasteiger partial charge in [0, 0.05) is 26.0 Å². The van der Waals surface area contributed by atoms with Gasteiger partial charge in [0.2, 0.25) is 0 Å². The van der Waals surface area contributed by atoms with E-state index in [1.165, 1.54) is 19.4 Å². The monoisotopic (exact) mass is 220 g/mol. The first-order chi connectivity index (χ1) is 7.77. The summed E-state index contributed by atoms with van der Waals surface area (Å²) in [6.07, 6.45) is 6.11. The quantitative estimate of drug-likeness (QED) is 0.831. The predicted octanol–water partition coefficient (Wildman–Crippen LogP) is 1.22. The molecule has 4 heteroatoms. The third-order valence-electron chi connectivity index (χ3n) is 3.15. The minimum Gasteiger partial charge on any atom is -0.358 e. The van der Waals surface area contributed by atoms with E-state index in [-0.39, 0.29) is 0 Å². The maximum Gasteiger partial charge on any atom is 0.149 e. The molecule has 1 saturated heterocycles. The smallest absolute Gasteiger partial charge is 0.149 e. The average molecular weight is 220 g/mol. The highest BCUT2D eigenvalue weighted by atomic mass is 15.2. The standard InChI is InChI=1S/C12H20N4/c1-10-12(15-7-6-14-10)16(2)9-11-4-3-5-13-8-11/h6-7,11,13H,3-5,8-9H2,1-2H3/t11-/m1/s1. The van der Waals surface area contributed by atoms with Crippen LogP contribution in [-0.4, -0.2) is 36.6 Å². The zero-order valence-electron chi connectivity index (χ0n) is 10.1. The van der Waals surface area contributed by atoms with Gasteiger partial charge in [0.25, 0.3) is 0 Å². The average Bonchev–Trinajstić information content (AvgIpc) is 2.31. The summed E-state index contributed by atoms with van der Waals surface area (Å²) in [5.74, 6) is 1.74. The normalized spacial score (nSPS) is 20.8. The number of nitrogens with zero attached hydrogens (tertiary/aromatic N) is 3. The Morgan fingerprint density at radius 3 is 2.94 bits per heavy atom. The van der Waals surface area contributed by atoms with Gasteiger partial charge in [-0.1, -0.05) is 0 Å². The molecule has 1 aromatic rings. The van der Waals surface area contributed by atoms with Gasteiger partial charge in [0.1, 0.15) is 5.82 Å². The fraction of sp³-hybridized carbons (Fsp3) is 0.667. The Morgan fingerprint density at radius 1 is 1.44 bits per heavy atom. The fourth-order valence-corrected chi connectivity index (χ4v) is 2.33. The number of anilines is 1. The SMILES string of the molecule is Cc1nccnc1N(C)C[C@@H]1CCCNC1. The molecule has 0 aromatic carbocycles. The van der Waals surface area contributed by atoms with Crippen LogP contribution in [-0.2, 0) is 0 Å². The number of hydrogen-bond acceptors (Lipinski definition) is 4. The van der Waals surface area contributed by atoms with E-state index in [1.54, 1.807) is 12.4 Å². The summed E-state index contributed by atoms with van der Waals surface area (Å²) < 4.78 is 0. The summed E-state index contributed by atoms with van der Waals surface area (Å²) in [7, 11) is 2.10. The van der Waals surface area contributed by atoms with Crippen molar-refractivity contribution in [3.8, 4) is 0 Å². The molecule has 0 spiro atoms. The highest BCUT2D eigenvalue weighted by Crippen LogP contribution is 2.16. The summed E-state index contributed by atoms with van der Waals surface area (Å²) in [5.41, 5.74) is 1.01. The Labute approximate surface area is 97.1 Å². The van der Waals surface area contributed by atoms with Crippen LogP contribution in [0.15, 0.2) is 12.4 Å². The minimum absolute atomic E-state index is 0.736. The van der Waals surface area contributed by atoms with E-state index in [2.05, 4.69) is 27.2 Å². The molecule has 0 amide bonds. The molecule has 16 heavy (non-hydrogen) atoms. The molecule has 1 aromatic heterocycles. The lowest BCUT2D eigenvalue weighted by Gasteiger charge is -2.28. The minimum atomic E-state index is 0.736. The van der Waals surface area contributed by atoms with Crippen LogP contribution in [0, 0.1) is 12.8 Å². The number of nitrogens with one attached hydrogen (secondary N) is 1. The topological polar surface area (TPSA) is 41.1 Å². The number of piperidine rings is 1. The van der Waals surface area contributed by atoms with Crippen molar-refractivity contribution in [3.05, 3.63) is 18.1 Å². The van der Waals surface area contributed by atoms with Gasteiger partial charge in [-0.05, 0) is 38.8 Å². The van der Waals surface area contributed by atoms with Crippen molar-refractivity contribution in [2.45, 2.75) is 19.8 Å². The van der Waals surface area contributed by atoms with Crippen LogP contribution in [0.2, 0.25) is 0 Å². The first kappa shape index (κ1) is 11.3. The van der Waals surface area contributed by atoms with Crippen molar-refractivity contribution in [1.82, 2.24) is 15.3 Å². The predicted molar refractivity (Wildman–Crippen MR) is 65.6 cm³/mol. The molecule has 1 aliphatic rings. The fourth-order valence-electron chi connectivity index (χ4n) is 2.33. The van der Waals surface area contributed by atoms with Crippen LogP contribution in [0.3, 0.4) is 0 Å². The van der Waals surface area contributed by atoms with Gasteiger partial charge in [-0.15, -0.1) is 0 Å². The summed E-state index contributed by atoms with van der Waals surface area (Å²) in [6, 6.07) is 0. The highest BCUT2D eigenvalue weighted by Gasteiger charge is 2.16. The molecule has 0 unspecified atom stereocenters. The van der Waals surface area contributed by atoms with Crippen molar-refractivity contribution in [3.63, 3.8) is 0 Å². The van der Waals surface area contributed by atoms with Gasteiger partial charge in [0.05, 0.1) is 5.69 Å². The Kier molecular flexibility index (Phi) is 3.72. The first-order valence-corrected chi connectivity index (χ1v) is 5.97. The van der Waals surface area contributed by atoms with E-state index in [1.807, 2.05) is 6.92 Å². The second-order valence-electron chi connectivity index (χ2n) is 4.56. The van der Waals surface area contributed by atoms with Crippen LogP contribution in [0.5, 0.6) is 0 Å². The Morgan fingerprint density at radius 2 is 2.25 bits per heavy atom.